The maximum Gasteiger partial charge on any atom is 0.252 e. The fourth-order valence-electron chi connectivity index (χ4n) is 2.41. The van der Waals surface area contributed by atoms with Crippen molar-refractivity contribution in [3.8, 4) is 0 Å². The van der Waals surface area contributed by atoms with Crippen molar-refractivity contribution in [1.82, 2.24) is 15.1 Å². The zero-order valence-corrected chi connectivity index (χ0v) is 13.8. The molecule has 7 nitrogen and oxygen atoms in total. The molecule has 0 aliphatic carbocycles. The summed E-state index contributed by atoms with van der Waals surface area (Å²) in [6.45, 7) is -0.395. The number of morpholine rings is 1. The second-order valence-corrected chi connectivity index (χ2v) is 5.74. The number of ether oxygens (including phenoxy) is 1. The highest BCUT2D eigenvalue weighted by molar-refractivity contribution is 5.89. The number of likely N-dealkylation sites (N-methyl/N-ethyl adjacent to an activating group) is 2. The number of hydrogen-bond acceptors (Lipinski definition) is 4. The summed E-state index contributed by atoms with van der Waals surface area (Å²) >= 11 is 0. The molecule has 2 rings (SSSR count). The number of amides is 3. The van der Waals surface area contributed by atoms with E-state index < -0.39 is 23.9 Å². The van der Waals surface area contributed by atoms with Gasteiger partial charge in [-0.3, -0.25) is 14.4 Å². The second kappa shape index (κ2) is 7.39. The smallest absolute Gasteiger partial charge is 0.252 e. The van der Waals surface area contributed by atoms with Gasteiger partial charge in [0.15, 0.2) is 6.10 Å². The van der Waals surface area contributed by atoms with E-state index in [0.717, 1.165) is 0 Å². The molecule has 1 N–H and O–H groups in total. The van der Waals surface area contributed by atoms with Crippen molar-refractivity contribution in [3.05, 3.63) is 35.6 Å². The van der Waals surface area contributed by atoms with E-state index in [0.29, 0.717) is 5.56 Å². The Bertz CT molecular complexity index is 633. The first-order valence-electron chi connectivity index (χ1n) is 7.42. The Hall–Kier alpha value is -2.48. The van der Waals surface area contributed by atoms with Crippen molar-refractivity contribution in [3.63, 3.8) is 0 Å². The molecule has 130 valence electrons. The van der Waals surface area contributed by atoms with Crippen LogP contribution >= 0.6 is 0 Å². The zero-order chi connectivity index (χ0) is 17.9. The van der Waals surface area contributed by atoms with Crippen LogP contribution < -0.4 is 5.32 Å². The summed E-state index contributed by atoms with van der Waals surface area (Å²) in [5.74, 6) is -1.46. The highest BCUT2D eigenvalue weighted by Crippen LogP contribution is 2.29. The summed E-state index contributed by atoms with van der Waals surface area (Å²) in [6, 6.07) is 4.83. The summed E-state index contributed by atoms with van der Waals surface area (Å²) < 4.78 is 18.5. The summed E-state index contributed by atoms with van der Waals surface area (Å²) in [6.07, 6.45) is -0.979. The lowest BCUT2D eigenvalue weighted by Gasteiger charge is -2.38. The van der Waals surface area contributed by atoms with Gasteiger partial charge in [-0.1, -0.05) is 12.1 Å². The van der Waals surface area contributed by atoms with E-state index in [1.807, 2.05) is 0 Å². The third-order valence-corrected chi connectivity index (χ3v) is 3.87. The van der Waals surface area contributed by atoms with Crippen LogP contribution in [-0.2, 0) is 19.1 Å². The first-order valence-corrected chi connectivity index (χ1v) is 7.42. The molecule has 0 spiro atoms. The fourth-order valence-corrected chi connectivity index (χ4v) is 2.41. The molecule has 24 heavy (non-hydrogen) atoms. The summed E-state index contributed by atoms with van der Waals surface area (Å²) in [7, 11) is 4.73. The summed E-state index contributed by atoms with van der Waals surface area (Å²) in [4.78, 5) is 38.7. The van der Waals surface area contributed by atoms with Crippen LogP contribution in [0.1, 0.15) is 11.6 Å². The van der Waals surface area contributed by atoms with Crippen molar-refractivity contribution < 1.29 is 23.5 Å². The molecule has 1 fully saturated rings. The first kappa shape index (κ1) is 17.9. The van der Waals surface area contributed by atoms with Crippen molar-refractivity contribution in [2.24, 2.45) is 0 Å². The fraction of sp³-hybridized carbons (Fsp3) is 0.438. The Labute approximate surface area is 139 Å². The van der Waals surface area contributed by atoms with E-state index in [4.69, 9.17) is 4.74 Å². The number of carbonyl (C=O) groups excluding carboxylic acids is 3. The van der Waals surface area contributed by atoms with Gasteiger partial charge in [-0.25, -0.2) is 4.39 Å². The molecule has 0 saturated carbocycles. The molecule has 0 radical (unpaired) electrons. The van der Waals surface area contributed by atoms with Crippen molar-refractivity contribution >= 4 is 17.7 Å². The molecular weight excluding hydrogens is 317 g/mol. The Morgan fingerprint density at radius 1 is 1.33 bits per heavy atom. The molecule has 1 aliphatic rings. The topological polar surface area (TPSA) is 79.0 Å². The van der Waals surface area contributed by atoms with Crippen LogP contribution in [0, 0.1) is 5.82 Å². The van der Waals surface area contributed by atoms with Crippen LogP contribution in [0.5, 0.6) is 0 Å². The van der Waals surface area contributed by atoms with Crippen molar-refractivity contribution in [2.45, 2.75) is 12.1 Å². The second-order valence-electron chi connectivity index (χ2n) is 5.74. The predicted octanol–water partition coefficient (Wildman–Crippen LogP) is -0.0716. The Morgan fingerprint density at radius 3 is 2.54 bits per heavy atom. The van der Waals surface area contributed by atoms with Gasteiger partial charge in [-0.15, -0.1) is 0 Å². The van der Waals surface area contributed by atoms with Gasteiger partial charge in [-0.2, -0.15) is 0 Å². The number of benzene rings is 1. The van der Waals surface area contributed by atoms with Crippen LogP contribution in [0.4, 0.5) is 4.39 Å². The van der Waals surface area contributed by atoms with Crippen LogP contribution in [0.2, 0.25) is 0 Å². The minimum atomic E-state index is -0.979. The van der Waals surface area contributed by atoms with E-state index in [-0.39, 0.29) is 25.0 Å². The third-order valence-electron chi connectivity index (χ3n) is 3.87. The minimum Gasteiger partial charge on any atom is -0.356 e. The molecule has 1 aromatic carbocycles. The van der Waals surface area contributed by atoms with Gasteiger partial charge in [-0.05, 0) is 17.7 Å². The molecule has 1 heterocycles. The van der Waals surface area contributed by atoms with Crippen LogP contribution in [0.3, 0.4) is 0 Å². The number of hydrogen-bond donors (Lipinski definition) is 1. The van der Waals surface area contributed by atoms with E-state index >= 15 is 0 Å². The molecule has 3 amide bonds. The Balaban J connectivity index is 2.18. The maximum absolute atomic E-state index is 13.1. The number of rotatable bonds is 4. The SMILES string of the molecule is CN(C)C(=O)CNC(=O)[C@@H]1OCC(=O)N(C)[C@@H]1c1ccc(F)cc1. The molecule has 8 heteroatoms. The lowest BCUT2D eigenvalue weighted by atomic mass is 9.97. The van der Waals surface area contributed by atoms with Crippen LogP contribution in [0.15, 0.2) is 24.3 Å². The average Bonchev–Trinajstić information content (AvgIpc) is 2.55. The first-order chi connectivity index (χ1) is 11.3. The van der Waals surface area contributed by atoms with Crippen molar-refractivity contribution in [1.29, 1.82) is 0 Å². The Morgan fingerprint density at radius 2 is 1.96 bits per heavy atom. The normalized spacial score (nSPS) is 20.7. The molecule has 1 aliphatic heterocycles. The molecule has 0 unspecified atom stereocenters. The molecule has 1 saturated heterocycles. The van der Waals surface area contributed by atoms with Crippen molar-refractivity contribution in [2.75, 3.05) is 34.3 Å². The minimum absolute atomic E-state index is 0.167. The number of halogens is 1. The molecule has 0 bridgehead atoms. The van der Waals surface area contributed by atoms with E-state index in [1.54, 1.807) is 21.1 Å². The average molecular weight is 337 g/mol. The van der Waals surface area contributed by atoms with Gasteiger partial charge in [0.05, 0.1) is 12.6 Å². The van der Waals surface area contributed by atoms with Gasteiger partial charge >= 0.3 is 0 Å². The third kappa shape index (κ3) is 3.88. The van der Waals surface area contributed by atoms with Gasteiger partial charge in [0.2, 0.25) is 11.8 Å². The summed E-state index contributed by atoms with van der Waals surface area (Å²) in [5, 5.41) is 2.51. The predicted molar refractivity (Wildman–Crippen MR) is 83.4 cm³/mol. The molecule has 2 atom stereocenters. The monoisotopic (exact) mass is 337 g/mol. The molecule has 1 aromatic rings. The standard InChI is InChI=1S/C16H20FN3O4/c1-19(2)12(21)8-18-16(23)15-14(20(3)13(22)9-24-15)10-4-6-11(17)7-5-10/h4-7,14-15H,8-9H2,1-3H3,(H,18,23)/t14-,15-/m1/s1. The number of nitrogens with one attached hydrogen (secondary N) is 1. The molecule has 0 aromatic heterocycles. The largest absolute Gasteiger partial charge is 0.356 e. The van der Waals surface area contributed by atoms with Crippen LogP contribution in [-0.4, -0.2) is 67.9 Å². The van der Waals surface area contributed by atoms with E-state index in [2.05, 4.69) is 5.32 Å². The van der Waals surface area contributed by atoms with Gasteiger partial charge in [0, 0.05) is 21.1 Å². The van der Waals surface area contributed by atoms with Gasteiger partial charge in [0.25, 0.3) is 5.91 Å². The summed E-state index contributed by atoms with van der Waals surface area (Å²) in [5.41, 5.74) is 0.575. The van der Waals surface area contributed by atoms with Crippen LogP contribution in [0.25, 0.3) is 0 Å². The van der Waals surface area contributed by atoms with Gasteiger partial charge in [0.1, 0.15) is 12.4 Å². The number of carbonyl (C=O) groups is 3. The lowest BCUT2D eigenvalue weighted by molar-refractivity contribution is -0.162. The van der Waals surface area contributed by atoms with Gasteiger partial charge < -0.3 is 19.9 Å². The lowest BCUT2D eigenvalue weighted by Crippen LogP contribution is -2.53. The highest BCUT2D eigenvalue weighted by Gasteiger charge is 2.40. The maximum atomic E-state index is 13.1. The molecular formula is C16H20FN3O4. The number of nitrogens with zero attached hydrogens (tertiary/aromatic N) is 2. The zero-order valence-electron chi connectivity index (χ0n) is 13.8. The Kier molecular flexibility index (Phi) is 5.50. The quantitative estimate of drug-likeness (QED) is 0.834. The highest BCUT2D eigenvalue weighted by atomic mass is 19.1. The van der Waals surface area contributed by atoms with E-state index in [9.17, 15) is 18.8 Å². The van der Waals surface area contributed by atoms with E-state index in [1.165, 1.54) is 34.1 Å².